The Bertz CT molecular complexity index is 1030. The first-order valence-corrected chi connectivity index (χ1v) is 13.8. The topological polar surface area (TPSA) is 121 Å². The molecule has 1 amide bonds. The van der Waals surface area contributed by atoms with Gasteiger partial charge in [0.15, 0.2) is 6.10 Å². The molecule has 0 spiro atoms. The van der Waals surface area contributed by atoms with Gasteiger partial charge < -0.3 is 29.9 Å². The largest absolute Gasteiger partial charge is 0.457 e. The fourth-order valence-corrected chi connectivity index (χ4v) is 4.69. The van der Waals surface area contributed by atoms with Gasteiger partial charge in [0.1, 0.15) is 11.7 Å². The third-order valence-corrected chi connectivity index (χ3v) is 7.29. The Morgan fingerprint density at radius 2 is 2.05 bits per heavy atom. The third-order valence-electron chi connectivity index (χ3n) is 7.29. The lowest BCUT2D eigenvalue weighted by atomic mass is 9.88. The quantitative estimate of drug-likeness (QED) is 0.294. The number of hydrogen-bond donors (Lipinski definition) is 3. The molecule has 0 bridgehead atoms. The van der Waals surface area contributed by atoms with Crippen molar-refractivity contribution in [3.05, 3.63) is 66.0 Å². The van der Waals surface area contributed by atoms with Gasteiger partial charge >= 0.3 is 12.1 Å². The second kappa shape index (κ2) is 14.4. The molecule has 3 rings (SSSR count). The number of carbonyl (C=O) groups is 2. The summed E-state index contributed by atoms with van der Waals surface area (Å²) in [7, 11) is 0. The van der Waals surface area contributed by atoms with Crippen LogP contribution in [0.15, 0.2) is 60.3 Å². The predicted molar refractivity (Wildman–Crippen MR) is 149 cm³/mol. The fraction of sp³-hybridized carbons (Fsp3) is 0.567. The molecule has 6 atom stereocenters. The molecule has 0 saturated carbocycles. The number of aliphatic hydroxyl groups excluding tert-OH is 1. The van der Waals surface area contributed by atoms with Crippen LogP contribution in [0.1, 0.15) is 58.6 Å². The van der Waals surface area contributed by atoms with Crippen molar-refractivity contribution in [3.8, 4) is 0 Å². The van der Waals surface area contributed by atoms with Crippen molar-refractivity contribution < 1.29 is 29.3 Å². The second-order valence-electron chi connectivity index (χ2n) is 10.8. The summed E-state index contributed by atoms with van der Waals surface area (Å²) in [5, 5.41) is 24.9. The number of carbonyl (C=O) groups excluding carboxylic acids is 2. The molecule has 214 valence electrons. The van der Waals surface area contributed by atoms with E-state index in [2.05, 4.69) is 17.2 Å². The summed E-state index contributed by atoms with van der Waals surface area (Å²) in [6.07, 6.45) is 8.19. The number of cyclic esters (lactones) is 1. The Balaban J connectivity index is 1.81. The third kappa shape index (κ3) is 9.30. The lowest BCUT2D eigenvalue weighted by Crippen LogP contribution is -2.50. The number of rotatable bonds is 5. The van der Waals surface area contributed by atoms with Crippen molar-refractivity contribution in [2.75, 3.05) is 26.2 Å². The standard InChI is InChI=1S/C30H43N3O6/c1-21(25-10-5-6-15-32-25)8-7-9-22(2)28-23(3)11-12-26(38-29(36)33-18-16-31-17-19-33)30(4,37)14-13-24(34)20-27(35)39-28/h5-12,15,21,23-24,26,28,31,34,37H,13-14,16-20H2,1-4H3/b8-7+,12-11-,22-9+/t21-,23+,24-,26+,28-,30-/m1/s1. The molecule has 9 heteroatoms. The SMILES string of the molecule is C/C(=C\C=C\[C@@H](C)c1ccccn1)[C@H]1OC(=O)C[C@H](O)CC[C@@](C)(O)[C@@H](OC(=O)N2CCNCC2)/C=C\[C@@H]1C. The maximum absolute atomic E-state index is 12.9. The van der Waals surface area contributed by atoms with Gasteiger partial charge in [0.05, 0.1) is 12.5 Å². The number of hydrogen-bond acceptors (Lipinski definition) is 8. The molecular weight excluding hydrogens is 498 g/mol. The van der Waals surface area contributed by atoms with Crippen molar-refractivity contribution in [1.82, 2.24) is 15.2 Å². The summed E-state index contributed by atoms with van der Waals surface area (Å²) in [4.78, 5) is 31.5. The van der Waals surface area contributed by atoms with E-state index in [9.17, 15) is 19.8 Å². The van der Waals surface area contributed by atoms with Crippen molar-refractivity contribution in [2.24, 2.45) is 5.92 Å². The van der Waals surface area contributed by atoms with Crippen LogP contribution in [0.4, 0.5) is 4.79 Å². The molecule has 39 heavy (non-hydrogen) atoms. The first-order valence-electron chi connectivity index (χ1n) is 13.8. The highest BCUT2D eigenvalue weighted by atomic mass is 16.6. The van der Waals surface area contributed by atoms with Crippen LogP contribution in [0.2, 0.25) is 0 Å². The zero-order valence-corrected chi connectivity index (χ0v) is 23.5. The Labute approximate surface area is 231 Å². The van der Waals surface area contributed by atoms with E-state index >= 15 is 0 Å². The maximum atomic E-state index is 12.9. The van der Waals surface area contributed by atoms with Gasteiger partial charge in [-0.05, 0) is 50.5 Å². The smallest absolute Gasteiger partial charge is 0.410 e. The van der Waals surface area contributed by atoms with Gasteiger partial charge in [-0.25, -0.2) is 4.79 Å². The number of allylic oxidation sites excluding steroid dienone is 3. The van der Waals surface area contributed by atoms with Crippen LogP contribution < -0.4 is 5.32 Å². The van der Waals surface area contributed by atoms with Gasteiger partial charge in [-0.2, -0.15) is 0 Å². The number of esters is 1. The van der Waals surface area contributed by atoms with Crippen molar-refractivity contribution in [3.63, 3.8) is 0 Å². The summed E-state index contributed by atoms with van der Waals surface area (Å²) < 4.78 is 11.6. The number of nitrogens with zero attached hydrogens (tertiary/aromatic N) is 2. The van der Waals surface area contributed by atoms with Gasteiger partial charge in [0.25, 0.3) is 0 Å². The second-order valence-corrected chi connectivity index (χ2v) is 10.8. The fourth-order valence-electron chi connectivity index (χ4n) is 4.69. The summed E-state index contributed by atoms with van der Waals surface area (Å²) in [6, 6.07) is 5.80. The highest BCUT2D eigenvalue weighted by Gasteiger charge is 2.36. The molecule has 1 aromatic heterocycles. The Hall–Kier alpha value is -3.01. The molecule has 1 fully saturated rings. The molecule has 9 nitrogen and oxygen atoms in total. The van der Waals surface area contributed by atoms with E-state index in [1.165, 1.54) is 0 Å². The number of aromatic nitrogens is 1. The highest BCUT2D eigenvalue weighted by molar-refractivity contribution is 5.70. The number of nitrogens with one attached hydrogen (secondary N) is 1. The lowest BCUT2D eigenvalue weighted by molar-refractivity contribution is -0.151. The molecule has 0 radical (unpaired) electrons. The lowest BCUT2D eigenvalue weighted by Gasteiger charge is -2.35. The monoisotopic (exact) mass is 541 g/mol. The number of aliphatic hydroxyl groups is 2. The summed E-state index contributed by atoms with van der Waals surface area (Å²) in [5.74, 6) is -0.692. The van der Waals surface area contributed by atoms with E-state index in [0.717, 1.165) is 11.3 Å². The molecule has 1 saturated heterocycles. The number of pyridine rings is 1. The molecule has 2 aliphatic rings. The molecular formula is C30H43N3O6. The van der Waals surface area contributed by atoms with E-state index in [0.29, 0.717) is 26.2 Å². The maximum Gasteiger partial charge on any atom is 0.410 e. The molecule has 3 heterocycles. The Morgan fingerprint density at radius 1 is 1.31 bits per heavy atom. The van der Waals surface area contributed by atoms with Crippen LogP contribution in [-0.4, -0.2) is 82.3 Å². The van der Waals surface area contributed by atoms with Gasteiger partial charge in [0, 0.05) is 49.9 Å². The van der Waals surface area contributed by atoms with Crippen LogP contribution in [0.25, 0.3) is 0 Å². The Morgan fingerprint density at radius 3 is 2.74 bits per heavy atom. The van der Waals surface area contributed by atoms with E-state index < -0.39 is 36.0 Å². The summed E-state index contributed by atoms with van der Waals surface area (Å²) >= 11 is 0. The van der Waals surface area contributed by atoms with Gasteiger partial charge in [-0.15, -0.1) is 0 Å². The molecule has 1 aromatic rings. The average Bonchev–Trinajstić information content (AvgIpc) is 2.92. The number of amides is 1. The molecule has 0 aliphatic carbocycles. The number of ether oxygens (including phenoxy) is 2. The molecule has 0 unspecified atom stereocenters. The predicted octanol–water partition coefficient (Wildman–Crippen LogP) is 3.50. The number of piperazine rings is 1. The average molecular weight is 542 g/mol. The van der Waals surface area contributed by atoms with Crippen LogP contribution in [0.5, 0.6) is 0 Å². The summed E-state index contributed by atoms with van der Waals surface area (Å²) in [5.41, 5.74) is 0.336. The molecule has 3 N–H and O–H groups in total. The van der Waals surface area contributed by atoms with Crippen LogP contribution in [0.3, 0.4) is 0 Å². The van der Waals surface area contributed by atoms with Gasteiger partial charge in [0.2, 0.25) is 0 Å². The zero-order chi connectivity index (χ0) is 28.4. The summed E-state index contributed by atoms with van der Waals surface area (Å²) in [6.45, 7) is 9.85. The van der Waals surface area contributed by atoms with Crippen molar-refractivity contribution in [1.29, 1.82) is 0 Å². The highest BCUT2D eigenvalue weighted by Crippen LogP contribution is 2.27. The first kappa shape index (κ1) is 30.5. The van der Waals surface area contributed by atoms with Crippen LogP contribution in [-0.2, 0) is 14.3 Å². The minimum Gasteiger partial charge on any atom is -0.457 e. The first-order chi connectivity index (χ1) is 18.6. The normalized spacial score (nSPS) is 31.1. The van der Waals surface area contributed by atoms with Gasteiger partial charge in [-0.1, -0.05) is 44.2 Å². The van der Waals surface area contributed by atoms with E-state index in [4.69, 9.17) is 9.47 Å². The van der Waals surface area contributed by atoms with E-state index in [1.54, 1.807) is 24.1 Å². The van der Waals surface area contributed by atoms with Crippen LogP contribution >= 0.6 is 0 Å². The van der Waals surface area contributed by atoms with E-state index in [1.807, 2.05) is 56.4 Å². The molecule has 2 aliphatic heterocycles. The zero-order valence-electron chi connectivity index (χ0n) is 23.5. The minimum absolute atomic E-state index is 0.106. The molecule has 0 aromatic carbocycles. The van der Waals surface area contributed by atoms with Crippen molar-refractivity contribution in [2.45, 2.75) is 76.8 Å². The van der Waals surface area contributed by atoms with Crippen molar-refractivity contribution >= 4 is 12.1 Å². The van der Waals surface area contributed by atoms with Crippen LogP contribution in [0, 0.1) is 5.92 Å². The minimum atomic E-state index is -1.44. The van der Waals surface area contributed by atoms with Gasteiger partial charge in [-0.3, -0.25) is 9.78 Å². The Kier molecular flexibility index (Phi) is 11.3. The van der Waals surface area contributed by atoms with E-state index in [-0.39, 0.29) is 31.1 Å².